The van der Waals surface area contributed by atoms with Gasteiger partial charge in [-0.1, -0.05) is 30.3 Å². The summed E-state index contributed by atoms with van der Waals surface area (Å²) in [5.74, 6) is -10.7. The summed E-state index contributed by atoms with van der Waals surface area (Å²) in [5.41, 5.74) is 0.474. The molecule has 3 nitrogen and oxygen atoms in total. The van der Waals surface area contributed by atoms with E-state index >= 15 is 0 Å². The Morgan fingerprint density at radius 2 is 1.31 bits per heavy atom. The van der Waals surface area contributed by atoms with Crippen LogP contribution in [0.15, 0.2) is 30.3 Å². The van der Waals surface area contributed by atoms with Crippen molar-refractivity contribution < 1.29 is 58.1 Å². The summed E-state index contributed by atoms with van der Waals surface area (Å²) in [5, 5.41) is 0. The van der Waals surface area contributed by atoms with Gasteiger partial charge < -0.3 is 14.2 Å². The molecule has 2 atom stereocenters. The molecule has 0 saturated heterocycles. The van der Waals surface area contributed by atoms with Gasteiger partial charge in [0, 0.05) is 0 Å². The van der Waals surface area contributed by atoms with Gasteiger partial charge in [0.1, 0.15) is 19.4 Å². The van der Waals surface area contributed by atoms with E-state index in [1.165, 1.54) is 12.1 Å². The van der Waals surface area contributed by atoms with Crippen molar-refractivity contribution in [1.82, 2.24) is 0 Å². The molecule has 1 aromatic carbocycles. The van der Waals surface area contributed by atoms with E-state index in [-0.39, 0.29) is 6.61 Å². The molecular formula is C16H16F10O3. The maximum absolute atomic E-state index is 13.6. The largest absolute Gasteiger partial charge is 0.482 e. The normalized spacial score (nSPS) is 16.0. The van der Waals surface area contributed by atoms with E-state index < -0.39 is 49.8 Å². The summed E-state index contributed by atoms with van der Waals surface area (Å²) < 4.78 is 140. The summed E-state index contributed by atoms with van der Waals surface area (Å²) in [4.78, 5) is 0. The summed E-state index contributed by atoms with van der Waals surface area (Å²) in [6, 6.07) is 7.86. The molecule has 1 aromatic rings. The minimum absolute atomic E-state index is 0.331. The van der Waals surface area contributed by atoms with Gasteiger partial charge in [0.15, 0.2) is 6.29 Å². The van der Waals surface area contributed by atoms with Crippen LogP contribution in [0, 0.1) is 0 Å². The first-order valence-corrected chi connectivity index (χ1v) is 7.84. The third kappa shape index (κ3) is 7.30. The quantitative estimate of drug-likeness (QED) is 0.339. The minimum atomic E-state index is -6.38. The summed E-state index contributed by atoms with van der Waals surface area (Å²) in [6.07, 6.45) is -16.5. The lowest BCUT2D eigenvalue weighted by Gasteiger charge is -2.30. The lowest BCUT2D eigenvalue weighted by Crippen LogP contribution is -2.51. The van der Waals surface area contributed by atoms with Gasteiger partial charge in [-0.25, -0.2) is 4.39 Å². The van der Waals surface area contributed by atoms with Gasteiger partial charge in [0.25, 0.3) is 0 Å². The predicted molar refractivity (Wildman–Crippen MR) is 78.4 cm³/mol. The second-order valence-electron chi connectivity index (χ2n) is 5.87. The Bertz CT molecular complexity index is 619. The number of halogens is 10. The van der Waals surface area contributed by atoms with Crippen molar-refractivity contribution in [3.8, 4) is 0 Å². The first-order chi connectivity index (χ1) is 13.1. The van der Waals surface area contributed by atoms with Crippen LogP contribution in [0.3, 0.4) is 0 Å². The Morgan fingerprint density at radius 1 is 0.793 bits per heavy atom. The molecule has 29 heavy (non-hydrogen) atoms. The molecule has 0 heterocycles. The van der Waals surface area contributed by atoms with Crippen LogP contribution in [0.1, 0.15) is 12.5 Å². The second-order valence-corrected chi connectivity index (χ2v) is 5.87. The minimum Gasteiger partial charge on any atom is -0.345 e. The van der Waals surface area contributed by atoms with Crippen molar-refractivity contribution in [2.75, 3.05) is 13.2 Å². The molecule has 0 aliphatic rings. The smallest absolute Gasteiger partial charge is 0.345 e. The molecule has 0 fully saturated rings. The van der Waals surface area contributed by atoms with Gasteiger partial charge in [-0.15, -0.1) is 0 Å². The molecule has 13 heteroatoms. The molecule has 1 unspecified atom stereocenters. The zero-order chi connectivity index (χ0) is 22.5. The van der Waals surface area contributed by atoms with Crippen LogP contribution in [-0.2, 0) is 20.8 Å². The average Bonchev–Trinajstić information content (AvgIpc) is 2.59. The molecule has 0 N–H and O–H groups in total. The summed E-state index contributed by atoms with van der Waals surface area (Å²) in [7, 11) is 0. The number of hydrogen-bond acceptors (Lipinski definition) is 3. The molecule has 0 aliphatic heterocycles. The highest BCUT2D eigenvalue weighted by atomic mass is 19.4. The Hall–Kier alpha value is -1.60. The van der Waals surface area contributed by atoms with Crippen molar-refractivity contribution in [2.45, 2.75) is 50.1 Å². The molecular weight excluding hydrogens is 430 g/mol. The molecule has 0 amide bonds. The van der Waals surface area contributed by atoms with Crippen molar-refractivity contribution in [3.05, 3.63) is 35.9 Å². The van der Waals surface area contributed by atoms with Gasteiger partial charge in [-0.05, 0) is 12.5 Å². The van der Waals surface area contributed by atoms with Gasteiger partial charge >= 0.3 is 24.1 Å². The van der Waals surface area contributed by atoms with Crippen LogP contribution in [-0.4, -0.2) is 49.8 Å². The zero-order valence-corrected chi connectivity index (χ0v) is 14.7. The second kappa shape index (κ2) is 9.47. The Kier molecular flexibility index (Phi) is 8.31. The van der Waals surface area contributed by atoms with Gasteiger partial charge in [0.05, 0.1) is 6.61 Å². The monoisotopic (exact) mass is 446 g/mol. The highest BCUT2D eigenvalue weighted by Crippen LogP contribution is 2.40. The van der Waals surface area contributed by atoms with Crippen LogP contribution in [0.25, 0.3) is 0 Å². The van der Waals surface area contributed by atoms with E-state index in [2.05, 4.69) is 9.47 Å². The molecule has 0 aliphatic carbocycles. The zero-order valence-electron chi connectivity index (χ0n) is 14.7. The first kappa shape index (κ1) is 25.4. The highest BCUT2D eigenvalue weighted by molar-refractivity contribution is 5.13. The van der Waals surface area contributed by atoms with Gasteiger partial charge in [-0.3, -0.25) is 0 Å². The standard InChI is InChI=1S/C16H16F10O3/c1-10(17)12(27-7-11-5-3-2-4-6-11)28-8-13(18,19)14(20,21)9-29-16(25,26)15(22,23)24/h2-6,10,12H,7-9H2,1H3/t10?,12-/m0/s1. The lowest BCUT2D eigenvalue weighted by molar-refractivity contribution is -0.407. The van der Waals surface area contributed by atoms with Crippen LogP contribution < -0.4 is 0 Å². The number of rotatable bonds is 11. The van der Waals surface area contributed by atoms with E-state index in [0.717, 1.165) is 6.92 Å². The van der Waals surface area contributed by atoms with Crippen molar-refractivity contribution in [3.63, 3.8) is 0 Å². The predicted octanol–water partition coefficient (Wildman–Crippen LogP) is 5.35. The maximum Gasteiger partial charge on any atom is 0.482 e. The topological polar surface area (TPSA) is 27.7 Å². The third-order valence-corrected chi connectivity index (χ3v) is 3.36. The molecule has 0 aromatic heterocycles. The van der Waals surface area contributed by atoms with Crippen LogP contribution in [0.4, 0.5) is 43.9 Å². The van der Waals surface area contributed by atoms with Crippen LogP contribution >= 0.6 is 0 Å². The molecule has 0 bridgehead atoms. The maximum atomic E-state index is 13.6. The van der Waals surface area contributed by atoms with E-state index in [4.69, 9.17) is 4.74 Å². The Morgan fingerprint density at radius 3 is 1.79 bits per heavy atom. The molecule has 0 spiro atoms. The number of alkyl halides is 10. The van der Waals surface area contributed by atoms with Gasteiger partial charge in [0.2, 0.25) is 0 Å². The average molecular weight is 446 g/mol. The highest BCUT2D eigenvalue weighted by Gasteiger charge is 2.64. The van der Waals surface area contributed by atoms with Crippen molar-refractivity contribution >= 4 is 0 Å². The fourth-order valence-electron chi connectivity index (χ4n) is 1.73. The summed E-state index contributed by atoms with van der Waals surface area (Å²) >= 11 is 0. The first-order valence-electron chi connectivity index (χ1n) is 7.84. The SMILES string of the molecule is CC(F)[C@@H](OCc1ccccc1)OCC(F)(F)C(F)(F)COC(F)(F)C(F)(F)F. The van der Waals surface area contributed by atoms with Crippen molar-refractivity contribution in [2.24, 2.45) is 0 Å². The van der Waals surface area contributed by atoms with Crippen LogP contribution in [0.5, 0.6) is 0 Å². The fourth-order valence-corrected chi connectivity index (χ4v) is 1.73. The number of benzene rings is 1. The Labute approximate surface area is 158 Å². The Balaban J connectivity index is 2.69. The van der Waals surface area contributed by atoms with Crippen molar-refractivity contribution in [1.29, 1.82) is 0 Å². The van der Waals surface area contributed by atoms with E-state index in [0.29, 0.717) is 5.56 Å². The number of ether oxygens (including phenoxy) is 3. The molecule has 1 rings (SSSR count). The summed E-state index contributed by atoms with van der Waals surface area (Å²) in [6.45, 7) is -4.70. The fraction of sp³-hybridized carbons (Fsp3) is 0.625. The van der Waals surface area contributed by atoms with E-state index in [1.54, 1.807) is 18.2 Å². The molecule has 0 saturated carbocycles. The van der Waals surface area contributed by atoms with Crippen LogP contribution in [0.2, 0.25) is 0 Å². The molecule has 0 radical (unpaired) electrons. The van der Waals surface area contributed by atoms with E-state index in [9.17, 15) is 43.9 Å². The molecule has 168 valence electrons. The third-order valence-electron chi connectivity index (χ3n) is 3.36. The van der Waals surface area contributed by atoms with Gasteiger partial charge in [-0.2, -0.15) is 39.5 Å². The van der Waals surface area contributed by atoms with E-state index in [1.807, 2.05) is 0 Å². The lowest BCUT2D eigenvalue weighted by atomic mass is 10.2. The number of hydrogen-bond donors (Lipinski definition) is 0.